The number of carbonyl (C=O) groups excluding carboxylic acids is 1. The van der Waals surface area contributed by atoms with Crippen LogP contribution >= 0.6 is 11.8 Å². The fraction of sp³-hybridized carbons (Fsp3) is 0.263. The molecular formula is C19H21N3O2S. The van der Waals surface area contributed by atoms with Crippen LogP contribution in [-0.4, -0.2) is 42.0 Å². The molecule has 0 radical (unpaired) electrons. The van der Waals surface area contributed by atoms with Gasteiger partial charge in [-0.3, -0.25) is 4.79 Å². The lowest BCUT2D eigenvalue weighted by Crippen LogP contribution is -2.28. The Kier molecular flexibility index (Phi) is 5.73. The van der Waals surface area contributed by atoms with Crippen molar-refractivity contribution < 1.29 is 9.53 Å². The Morgan fingerprint density at radius 1 is 1.16 bits per heavy atom. The van der Waals surface area contributed by atoms with Crippen LogP contribution in [0.2, 0.25) is 0 Å². The summed E-state index contributed by atoms with van der Waals surface area (Å²) in [5, 5.41) is 0.841. The maximum absolute atomic E-state index is 12.5. The lowest BCUT2D eigenvalue weighted by Gasteiger charge is -2.17. The molecule has 0 aliphatic carbocycles. The number of fused-ring (bicyclic) bond motifs is 1. The number of benzene rings is 2. The summed E-state index contributed by atoms with van der Waals surface area (Å²) in [6.45, 7) is 1.31. The van der Waals surface area contributed by atoms with E-state index in [9.17, 15) is 4.79 Å². The monoisotopic (exact) mass is 355 g/mol. The normalized spacial score (nSPS) is 11.0. The zero-order valence-electron chi connectivity index (χ0n) is 14.4. The smallest absolute Gasteiger partial charge is 0.237 e. The second-order valence-electron chi connectivity index (χ2n) is 5.60. The van der Waals surface area contributed by atoms with Crippen molar-refractivity contribution in [2.75, 3.05) is 31.4 Å². The first-order chi connectivity index (χ1) is 12.2. The van der Waals surface area contributed by atoms with Crippen LogP contribution < -0.4 is 4.90 Å². The molecule has 0 saturated carbocycles. The van der Waals surface area contributed by atoms with Crippen molar-refractivity contribution in [3.63, 3.8) is 0 Å². The number of imidazole rings is 1. The van der Waals surface area contributed by atoms with Crippen molar-refractivity contribution in [3.8, 4) is 0 Å². The average Bonchev–Trinajstić information content (AvgIpc) is 3.02. The number of rotatable bonds is 7. The topological polar surface area (TPSA) is 47.4 Å². The van der Waals surface area contributed by atoms with E-state index in [-0.39, 0.29) is 5.91 Å². The third-order valence-electron chi connectivity index (χ3n) is 3.98. The summed E-state index contributed by atoms with van der Waals surface area (Å²) in [4.78, 5) is 18.8. The lowest BCUT2D eigenvalue weighted by atomic mass is 10.3. The molecule has 1 aromatic heterocycles. The van der Waals surface area contributed by atoms with Gasteiger partial charge in [0, 0.05) is 26.4 Å². The number of hydrogen-bond donors (Lipinski definition) is 0. The Hall–Kier alpha value is -2.31. The minimum Gasteiger partial charge on any atom is -0.383 e. The van der Waals surface area contributed by atoms with Crippen molar-refractivity contribution >= 4 is 34.4 Å². The fourth-order valence-electron chi connectivity index (χ4n) is 2.58. The van der Waals surface area contributed by atoms with Crippen LogP contribution in [0.25, 0.3) is 11.0 Å². The summed E-state index contributed by atoms with van der Waals surface area (Å²) < 4.78 is 7.32. The van der Waals surface area contributed by atoms with Gasteiger partial charge in [-0.05, 0) is 24.3 Å². The minimum atomic E-state index is 0.0431. The summed E-state index contributed by atoms with van der Waals surface area (Å²) in [6, 6.07) is 17.6. The molecule has 0 aliphatic rings. The molecule has 25 heavy (non-hydrogen) atoms. The summed E-state index contributed by atoms with van der Waals surface area (Å²) in [7, 11) is 3.48. The van der Waals surface area contributed by atoms with E-state index >= 15 is 0 Å². The van der Waals surface area contributed by atoms with Crippen LogP contribution in [0, 0.1) is 0 Å². The first-order valence-electron chi connectivity index (χ1n) is 8.09. The SMILES string of the molecule is COCCn1c(SCC(=O)N(C)c2ccccc2)nc2ccccc21. The van der Waals surface area contributed by atoms with E-state index in [1.165, 1.54) is 11.8 Å². The highest BCUT2D eigenvalue weighted by atomic mass is 32.2. The second kappa shape index (κ2) is 8.18. The number of thioether (sulfide) groups is 1. The van der Waals surface area contributed by atoms with Gasteiger partial charge in [-0.1, -0.05) is 42.1 Å². The molecule has 2 aromatic carbocycles. The van der Waals surface area contributed by atoms with Crippen LogP contribution in [0.3, 0.4) is 0 Å². The van der Waals surface area contributed by atoms with E-state index in [0.29, 0.717) is 18.9 Å². The Morgan fingerprint density at radius 3 is 2.64 bits per heavy atom. The first-order valence-corrected chi connectivity index (χ1v) is 9.08. The first kappa shape index (κ1) is 17.5. The van der Waals surface area contributed by atoms with Gasteiger partial charge in [0.05, 0.1) is 23.4 Å². The number of amides is 1. The lowest BCUT2D eigenvalue weighted by molar-refractivity contribution is -0.115. The zero-order valence-corrected chi connectivity index (χ0v) is 15.2. The largest absolute Gasteiger partial charge is 0.383 e. The predicted octanol–water partition coefficient (Wildman–Crippen LogP) is 3.44. The maximum Gasteiger partial charge on any atom is 0.237 e. The Labute approximate surface area is 151 Å². The second-order valence-corrected chi connectivity index (χ2v) is 6.55. The van der Waals surface area contributed by atoms with Gasteiger partial charge in [-0.15, -0.1) is 0 Å². The standard InChI is InChI=1S/C19H21N3O2S/c1-21(15-8-4-3-5-9-15)18(23)14-25-19-20-16-10-6-7-11-17(16)22(19)12-13-24-2/h3-11H,12-14H2,1-2H3. The average molecular weight is 355 g/mol. The Morgan fingerprint density at radius 2 is 1.88 bits per heavy atom. The van der Waals surface area contributed by atoms with E-state index in [0.717, 1.165) is 21.9 Å². The highest BCUT2D eigenvalue weighted by molar-refractivity contribution is 7.99. The molecule has 0 fully saturated rings. The van der Waals surface area contributed by atoms with E-state index in [2.05, 4.69) is 9.55 Å². The number of nitrogens with zero attached hydrogens (tertiary/aromatic N) is 3. The third kappa shape index (κ3) is 4.03. The van der Waals surface area contributed by atoms with Gasteiger partial charge in [0.1, 0.15) is 0 Å². The molecule has 6 heteroatoms. The van der Waals surface area contributed by atoms with Crippen LogP contribution in [-0.2, 0) is 16.1 Å². The number of hydrogen-bond acceptors (Lipinski definition) is 4. The zero-order chi connectivity index (χ0) is 17.6. The molecule has 0 atom stereocenters. The van der Waals surface area contributed by atoms with Crippen LogP contribution in [0.5, 0.6) is 0 Å². The molecule has 0 saturated heterocycles. The van der Waals surface area contributed by atoms with Gasteiger partial charge < -0.3 is 14.2 Å². The van der Waals surface area contributed by atoms with Gasteiger partial charge in [0.2, 0.25) is 5.91 Å². The van der Waals surface area contributed by atoms with Crippen LogP contribution in [0.4, 0.5) is 5.69 Å². The molecule has 130 valence electrons. The van der Waals surface area contributed by atoms with Gasteiger partial charge in [0.15, 0.2) is 5.16 Å². The predicted molar refractivity (Wildman–Crippen MR) is 102 cm³/mol. The molecular weight excluding hydrogens is 334 g/mol. The van der Waals surface area contributed by atoms with Gasteiger partial charge >= 0.3 is 0 Å². The van der Waals surface area contributed by atoms with E-state index < -0.39 is 0 Å². The van der Waals surface area contributed by atoms with Gasteiger partial charge in [-0.2, -0.15) is 0 Å². The highest BCUT2D eigenvalue weighted by Gasteiger charge is 2.15. The number of aromatic nitrogens is 2. The summed E-state index contributed by atoms with van der Waals surface area (Å²) in [5.74, 6) is 0.378. The summed E-state index contributed by atoms with van der Waals surface area (Å²) in [5.41, 5.74) is 2.89. The molecule has 3 rings (SSSR count). The van der Waals surface area contributed by atoms with Gasteiger partial charge in [0.25, 0.3) is 0 Å². The number of para-hydroxylation sites is 3. The van der Waals surface area contributed by atoms with Crippen molar-refractivity contribution in [3.05, 3.63) is 54.6 Å². The minimum absolute atomic E-state index is 0.0431. The number of anilines is 1. The Bertz CT molecular complexity index is 848. The molecule has 0 bridgehead atoms. The van der Waals surface area contributed by atoms with E-state index in [4.69, 9.17) is 4.74 Å². The van der Waals surface area contributed by atoms with Crippen LogP contribution in [0.15, 0.2) is 59.8 Å². The van der Waals surface area contributed by atoms with Crippen LogP contribution in [0.1, 0.15) is 0 Å². The molecule has 0 N–H and O–H groups in total. The molecule has 1 amide bonds. The number of carbonyl (C=O) groups is 1. The van der Waals surface area contributed by atoms with E-state index in [1.807, 2.05) is 54.6 Å². The summed E-state index contributed by atoms with van der Waals surface area (Å²) in [6.07, 6.45) is 0. The van der Waals surface area contributed by atoms with Crippen molar-refractivity contribution in [1.82, 2.24) is 9.55 Å². The fourth-order valence-corrected chi connectivity index (χ4v) is 3.54. The van der Waals surface area contributed by atoms with Crippen molar-refractivity contribution in [2.45, 2.75) is 11.7 Å². The van der Waals surface area contributed by atoms with Crippen molar-refractivity contribution in [1.29, 1.82) is 0 Å². The Balaban J connectivity index is 1.75. The maximum atomic E-state index is 12.5. The number of methoxy groups -OCH3 is 1. The molecule has 1 heterocycles. The van der Waals surface area contributed by atoms with Gasteiger partial charge in [-0.25, -0.2) is 4.98 Å². The molecule has 5 nitrogen and oxygen atoms in total. The quantitative estimate of drug-likeness (QED) is 0.609. The summed E-state index contributed by atoms with van der Waals surface area (Å²) >= 11 is 1.46. The number of ether oxygens (including phenoxy) is 1. The molecule has 0 aliphatic heterocycles. The van der Waals surface area contributed by atoms with Crippen molar-refractivity contribution in [2.24, 2.45) is 0 Å². The highest BCUT2D eigenvalue weighted by Crippen LogP contribution is 2.25. The molecule has 0 spiro atoms. The molecule has 0 unspecified atom stereocenters. The molecule has 3 aromatic rings. The third-order valence-corrected chi connectivity index (χ3v) is 4.94. The van der Waals surface area contributed by atoms with E-state index in [1.54, 1.807) is 19.1 Å².